The molecule has 0 saturated carbocycles. The van der Waals surface area contributed by atoms with Gasteiger partial charge in [-0.3, -0.25) is 0 Å². The van der Waals surface area contributed by atoms with Gasteiger partial charge in [-0.25, -0.2) is 15.0 Å². The van der Waals surface area contributed by atoms with Crippen molar-refractivity contribution in [2.75, 3.05) is 19.6 Å². The molecular formula is C20H21ClN4O2. The lowest BCUT2D eigenvalue weighted by atomic mass is 10.1. The third-order valence-electron chi connectivity index (χ3n) is 4.76. The minimum absolute atomic E-state index is 0.109. The molecule has 27 heavy (non-hydrogen) atoms. The topological polar surface area (TPSA) is 71.4 Å². The number of fused-ring (bicyclic) bond motifs is 1. The summed E-state index contributed by atoms with van der Waals surface area (Å²) >= 11 is 5.90. The minimum Gasteiger partial charge on any atom is -0.473 e. The van der Waals surface area contributed by atoms with E-state index in [0.717, 1.165) is 37.0 Å². The molecule has 1 aromatic carbocycles. The third kappa shape index (κ3) is 4.53. The van der Waals surface area contributed by atoms with Crippen LogP contribution in [0, 0.1) is 0 Å². The second-order valence-electron chi connectivity index (χ2n) is 6.72. The van der Waals surface area contributed by atoms with E-state index in [0.29, 0.717) is 23.3 Å². The molecule has 0 bridgehead atoms. The highest BCUT2D eigenvalue weighted by atomic mass is 35.5. The van der Waals surface area contributed by atoms with Crippen LogP contribution in [0.2, 0.25) is 5.15 Å². The highest BCUT2D eigenvalue weighted by molar-refractivity contribution is 6.29. The van der Waals surface area contributed by atoms with Crippen molar-refractivity contribution in [1.82, 2.24) is 19.9 Å². The van der Waals surface area contributed by atoms with Crippen molar-refractivity contribution >= 4 is 22.6 Å². The Morgan fingerprint density at radius 1 is 1.07 bits per heavy atom. The fraction of sp³-hybridized carbons (Fsp3) is 0.350. The highest BCUT2D eigenvalue weighted by Crippen LogP contribution is 2.21. The average molecular weight is 385 g/mol. The molecule has 0 aliphatic carbocycles. The molecule has 7 heteroatoms. The Bertz CT molecular complexity index is 915. The first kappa shape index (κ1) is 18.1. The number of para-hydroxylation sites is 2. The van der Waals surface area contributed by atoms with E-state index < -0.39 is 6.10 Å². The Hall–Kier alpha value is -2.28. The number of benzene rings is 1. The number of aliphatic hydroxyl groups is 1. The number of hydrogen-bond donors (Lipinski definition) is 1. The van der Waals surface area contributed by atoms with Crippen LogP contribution in [0.25, 0.3) is 11.0 Å². The van der Waals surface area contributed by atoms with E-state index >= 15 is 0 Å². The zero-order valence-corrected chi connectivity index (χ0v) is 15.6. The van der Waals surface area contributed by atoms with Crippen molar-refractivity contribution in [2.45, 2.75) is 25.0 Å². The lowest BCUT2D eigenvalue weighted by Gasteiger charge is -2.32. The quantitative estimate of drug-likeness (QED) is 0.681. The first-order valence-electron chi connectivity index (χ1n) is 9.09. The molecule has 3 aromatic rings. The Morgan fingerprint density at radius 2 is 1.85 bits per heavy atom. The monoisotopic (exact) mass is 384 g/mol. The number of aromatic nitrogens is 3. The fourth-order valence-corrected chi connectivity index (χ4v) is 3.50. The van der Waals surface area contributed by atoms with Gasteiger partial charge >= 0.3 is 0 Å². The van der Waals surface area contributed by atoms with Gasteiger partial charge in [-0.15, -0.1) is 0 Å². The molecule has 4 rings (SSSR count). The number of nitrogens with zero attached hydrogens (tertiary/aromatic N) is 4. The van der Waals surface area contributed by atoms with Crippen molar-refractivity contribution in [3.8, 4) is 5.88 Å². The Morgan fingerprint density at radius 3 is 2.63 bits per heavy atom. The Kier molecular flexibility index (Phi) is 5.48. The second-order valence-corrected chi connectivity index (χ2v) is 7.10. The van der Waals surface area contributed by atoms with Gasteiger partial charge in [0.2, 0.25) is 5.88 Å². The molecule has 140 valence electrons. The van der Waals surface area contributed by atoms with Gasteiger partial charge in [0.05, 0.1) is 22.9 Å². The number of halogens is 1. The van der Waals surface area contributed by atoms with Gasteiger partial charge in [0.25, 0.3) is 0 Å². The second kappa shape index (κ2) is 8.17. The van der Waals surface area contributed by atoms with E-state index in [4.69, 9.17) is 16.3 Å². The summed E-state index contributed by atoms with van der Waals surface area (Å²) in [6, 6.07) is 13.1. The van der Waals surface area contributed by atoms with Crippen LogP contribution in [0.3, 0.4) is 0 Å². The SMILES string of the molecule is OC(CN1CCC(Oc2cnc3ccccc3n2)CC1)c1cccc(Cl)n1. The number of β-amino-alcohol motifs (C(OH)–C–C–N with tert-alkyl or cyclic N) is 1. The lowest BCUT2D eigenvalue weighted by molar-refractivity contribution is 0.0578. The minimum atomic E-state index is -0.646. The number of rotatable bonds is 5. The highest BCUT2D eigenvalue weighted by Gasteiger charge is 2.23. The van der Waals surface area contributed by atoms with Crippen LogP contribution < -0.4 is 4.74 Å². The normalized spacial score (nSPS) is 17.1. The van der Waals surface area contributed by atoms with Crippen molar-refractivity contribution < 1.29 is 9.84 Å². The molecule has 0 radical (unpaired) electrons. The predicted octanol–water partition coefficient (Wildman–Crippen LogP) is 3.26. The largest absolute Gasteiger partial charge is 0.473 e. The predicted molar refractivity (Wildman–Crippen MR) is 104 cm³/mol. The Balaban J connectivity index is 1.30. The van der Waals surface area contributed by atoms with Crippen molar-refractivity contribution in [1.29, 1.82) is 0 Å². The van der Waals surface area contributed by atoms with E-state index in [1.54, 1.807) is 24.4 Å². The van der Waals surface area contributed by atoms with Gasteiger partial charge in [-0.1, -0.05) is 29.8 Å². The van der Waals surface area contributed by atoms with Crippen LogP contribution in [-0.4, -0.2) is 50.7 Å². The first-order valence-corrected chi connectivity index (χ1v) is 9.46. The summed E-state index contributed by atoms with van der Waals surface area (Å²) < 4.78 is 6.02. The summed E-state index contributed by atoms with van der Waals surface area (Å²) in [6.07, 6.45) is 2.91. The molecule has 1 aliphatic heterocycles. The van der Waals surface area contributed by atoms with Crippen molar-refractivity contribution in [3.63, 3.8) is 0 Å². The first-order chi connectivity index (χ1) is 13.2. The lowest BCUT2D eigenvalue weighted by Crippen LogP contribution is -2.40. The summed E-state index contributed by atoms with van der Waals surface area (Å²) in [7, 11) is 0. The van der Waals surface area contributed by atoms with Crippen molar-refractivity contribution in [2.24, 2.45) is 0 Å². The maximum absolute atomic E-state index is 10.4. The molecule has 0 spiro atoms. The van der Waals surface area contributed by atoms with Gasteiger partial charge < -0.3 is 14.7 Å². The number of hydrogen-bond acceptors (Lipinski definition) is 6. The molecule has 1 saturated heterocycles. The molecule has 1 N–H and O–H groups in total. The molecule has 1 unspecified atom stereocenters. The zero-order valence-electron chi connectivity index (χ0n) is 14.8. The van der Waals surface area contributed by atoms with E-state index in [2.05, 4.69) is 19.9 Å². The van der Waals surface area contributed by atoms with E-state index in [-0.39, 0.29) is 6.10 Å². The fourth-order valence-electron chi connectivity index (χ4n) is 3.33. The van der Waals surface area contributed by atoms with E-state index in [9.17, 15) is 5.11 Å². The molecule has 1 aliphatic rings. The number of pyridine rings is 1. The standard InChI is InChI=1S/C20H21ClN4O2/c21-19-7-3-6-17(23-19)18(26)13-25-10-8-14(9-11-25)27-20-12-22-15-4-1-2-5-16(15)24-20/h1-7,12,14,18,26H,8-11,13H2. The molecule has 1 fully saturated rings. The van der Waals surface area contributed by atoms with Crippen LogP contribution in [0.15, 0.2) is 48.7 Å². The summed E-state index contributed by atoms with van der Waals surface area (Å²) in [5.41, 5.74) is 2.31. The summed E-state index contributed by atoms with van der Waals surface area (Å²) in [6.45, 7) is 2.24. The maximum Gasteiger partial charge on any atom is 0.233 e. The van der Waals surface area contributed by atoms with Gasteiger partial charge in [0.1, 0.15) is 17.4 Å². The molecular weight excluding hydrogens is 364 g/mol. The van der Waals surface area contributed by atoms with Crippen LogP contribution in [-0.2, 0) is 0 Å². The van der Waals surface area contributed by atoms with Crippen LogP contribution in [0.5, 0.6) is 5.88 Å². The van der Waals surface area contributed by atoms with Gasteiger partial charge in [0, 0.05) is 19.6 Å². The smallest absolute Gasteiger partial charge is 0.233 e. The molecule has 0 amide bonds. The van der Waals surface area contributed by atoms with Crippen molar-refractivity contribution in [3.05, 3.63) is 59.5 Å². The molecule has 3 heterocycles. The third-order valence-corrected chi connectivity index (χ3v) is 4.97. The van der Waals surface area contributed by atoms with Crippen LogP contribution >= 0.6 is 11.6 Å². The summed E-state index contributed by atoms with van der Waals surface area (Å²) in [5.74, 6) is 0.565. The number of likely N-dealkylation sites (tertiary alicyclic amines) is 1. The summed E-state index contributed by atoms with van der Waals surface area (Å²) in [5, 5.41) is 10.8. The van der Waals surface area contributed by atoms with Gasteiger partial charge in [-0.05, 0) is 37.1 Å². The summed E-state index contributed by atoms with van der Waals surface area (Å²) in [4.78, 5) is 15.3. The number of aliphatic hydroxyl groups excluding tert-OH is 1. The molecule has 6 nitrogen and oxygen atoms in total. The maximum atomic E-state index is 10.4. The molecule has 1 atom stereocenters. The van der Waals surface area contributed by atoms with Gasteiger partial charge in [0.15, 0.2) is 0 Å². The zero-order chi connectivity index (χ0) is 18.6. The number of ether oxygens (including phenoxy) is 1. The van der Waals surface area contributed by atoms with Gasteiger partial charge in [-0.2, -0.15) is 0 Å². The number of piperidine rings is 1. The van der Waals surface area contributed by atoms with Crippen LogP contribution in [0.1, 0.15) is 24.6 Å². The molecule has 2 aromatic heterocycles. The van der Waals surface area contributed by atoms with E-state index in [1.807, 2.05) is 24.3 Å². The average Bonchev–Trinajstić information content (AvgIpc) is 2.69. The van der Waals surface area contributed by atoms with Crippen LogP contribution in [0.4, 0.5) is 0 Å². The van der Waals surface area contributed by atoms with E-state index in [1.165, 1.54) is 0 Å². The Labute approximate surface area is 162 Å².